The van der Waals surface area contributed by atoms with Crippen LogP contribution in [0.1, 0.15) is 36.0 Å². The molecule has 5 nitrogen and oxygen atoms in total. The number of carbonyl (C=O) groups excluding carboxylic acids is 1. The average molecular weight is 344 g/mol. The largest absolute Gasteiger partial charge is 0.472 e. The lowest BCUT2D eigenvalue weighted by Crippen LogP contribution is -2.48. The van der Waals surface area contributed by atoms with Crippen LogP contribution in [0.3, 0.4) is 0 Å². The molecule has 1 aliphatic heterocycles. The lowest BCUT2D eigenvalue weighted by molar-refractivity contribution is -0.147. The van der Waals surface area contributed by atoms with Crippen molar-refractivity contribution in [3.8, 4) is 5.88 Å². The van der Waals surface area contributed by atoms with Gasteiger partial charge >= 0.3 is 6.18 Å². The van der Waals surface area contributed by atoms with Crippen LogP contribution in [0.4, 0.5) is 13.2 Å². The van der Waals surface area contributed by atoms with Gasteiger partial charge in [-0.25, -0.2) is 4.98 Å². The molecular weight excluding hydrogens is 325 g/mol. The predicted molar refractivity (Wildman–Crippen MR) is 78.8 cm³/mol. The SMILES string of the molecule is O=C(c1ccnc(O[C@H]2CCOC2)c1)N(CC(F)(F)F)C1CCC1. The van der Waals surface area contributed by atoms with Crippen molar-refractivity contribution in [1.82, 2.24) is 9.88 Å². The summed E-state index contributed by atoms with van der Waals surface area (Å²) in [4.78, 5) is 17.5. The third-order valence-corrected chi connectivity index (χ3v) is 4.28. The number of amides is 1. The summed E-state index contributed by atoms with van der Waals surface area (Å²) in [6.45, 7) is -0.183. The summed E-state index contributed by atoms with van der Waals surface area (Å²) in [5.41, 5.74) is 0.162. The maximum atomic E-state index is 12.8. The van der Waals surface area contributed by atoms with E-state index in [4.69, 9.17) is 9.47 Å². The summed E-state index contributed by atoms with van der Waals surface area (Å²) in [6, 6.07) is 2.48. The molecule has 2 heterocycles. The third-order valence-electron chi connectivity index (χ3n) is 4.28. The highest BCUT2D eigenvalue weighted by atomic mass is 19.4. The number of pyridine rings is 1. The van der Waals surface area contributed by atoms with Crippen LogP contribution in [0.25, 0.3) is 0 Å². The molecule has 1 aromatic rings. The van der Waals surface area contributed by atoms with E-state index < -0.39 is 18.6 Å². The van der Waals surface area contributed by atoms with E-state index in [1.807, 2.05) is 0 Å². The Labute approximate surface area is 137 Å². The Kier molecular flexibility index (Phi) is 4.93. The van der Waals surface area contributed by atoms with Gasteiger partial charge in [0.1, 0.15) is 12.6 Å². The number of hydrogen-bond donors (Lipinski definition) is 0. The number of aromatic nitrogens is 1. The summed E-state index contributed by atoms with van der Waals surface area (Å²) in [6.07, 6.45) is -0.392. The minimum atomic E-state index is -4.42. The topological polar surface area (TPSA) is 51.7 Å². The Bertz CT molecular complexity index is 584. The van der Waals surface area contributed by atoms with Crippen LogP contribution in [0.5, 0.6) is 5.88 Å². The van der Waals surface area contributed by atoms with Crippen LogP contribution in [-0.2, 0) is 4.74 Å². The van der Waals surface area contributed by atoms with Gasteiger partial charge in [-0.1, -0.05) is 0 Å². The second-order valence-electron chi connectivity index (χ2n) is 6.12. The summed E-state index contributed by atoms with van der Waals surface area (Å²) < 4.78 is 49.2. The van der Waals surface area contributed by atoms with E-state index in [2.05, 4.69) is 4.98 Å². The third kappa shape index (κ3) is 4.17. The molecule has 3 rings (SSSR count). The van der Waals surface area contributed by atoms with E-state index in [0.29, 0.717) is 26.1 Å². The standard InChI is InChI=1S/C16H19F3N2O3/c17-16(18,19)10-21(12-2-1-3-12)15(22)11-4-6-20-14(8-11)24-13-5-7-23-9-13/h4,6,8,12-13H,1-3,5,7,9-10H2/t13-/m0/s1. The van der Waals surface area contributed by atoms with Gasteiger partial charge in [-0.05, 0) is 25.3 Å². The fraction of sp³-hybridized carbons (Fsp3) is 0.625. The Morgan fingerprint density at radius 2 is 2.17 bits per heavy atom. The lowest BCUT2D eigenvalue weighted by Gasteiger charge is -2.38. The predicted octanol–water partition coefficient (Wildman–Crippen LogP) is 2.81. The molecule has 0 unspecified atom stereocenters. The number of nitrogens with zero attached hydrogens (tertiary/aromatic N) is 2. The Balaban J connectivity index is 1.73. The van der Waals surface area contributed by atoms with Gasteiger partial charge in [-0.15, -0.1) is 0 Å². The zero-order valence-corrected chi connectivity index (χ0v) is 13.1. The molecule has 2 aliphatic rings. The molecule has 1 saturated heterocycles. The number of hydrogen-bond acceptors (Lipinski definition) is 4. The van der Waals surface area contributed by atoms with E-state index in [9.17, 15) is 18.0 Å². The Morgan fingerprint density at radius 1 is 1.38 bits per heavy atom. The number of ether oxygens (including phenoxy) is 2. The van der Waals surface area contributed by atoms with Crippen molar-refractivity contribution in [3.05, 3.63) is 23.9 Å². The van der Waals surface area contributed by atoms with Crippen LogP contribution < -0.4 is 4.74 Å². The minimum Gasteiger partial charge on any atom is -0.472 e. The van der Waals surface area contributed by atoms with Crippen LogP contribution in [-0.4, -0.2) is 53.9 Å². The van der Waals surface area contributed by atoms with Gasteiger partial charge in [0.25, 0.3) is 5.91 Å². The number of carbonyl (C=O) groups is 1. The van der Waals surface area contributed by atoms with Gasteiger partial charge in [0.15, 0.2) is 0 Å². The highest BCUT2D eigenvalue weighted by Crippen LogP contribution is 2.30. The second kappa shape index (κ2) is 6.96. The maximum Gasteiger partial charge on any atom is 0.406 e. The van der Waals surface area contributed by atoms with Crippen LogP contribution in [0, 0.1) is 0 Å². The molecule has 24 heavy (non-hydrogen) atoms. The molecule has 8 heteroatoms. The van der Waals surface area contributed by atoms with Crippen molar-refractivity contribution in [2.45, 2.75) is 44.0 Å². The van der Waals surface area contributed by atoms with Gasteiger partial charge in [0, 0.05) is 30.3 Å². The molecule has 0 spiro atoms. The van der Waals surface area contributed by atoms with Crippen molar-refractivity contribution in [1.29, 1.82) is 0 Å². The van der Waals surface area contributed by atoms with E-state index in [0.717, 1.165) is 17.7 Å². The van der Waals surface area contributed by atoms with Gasteiger partial charge in [-0.3, -0.25) is 4.79 Å². The quantitative estimate of drug-likeness (QED) is 0.824. The number of alkyl halides is 3. The molecule has 1 atom stereocenters. The highest BCUT2D eigenvalue weighted by molar-refractivity contribution is 5.94. The second-order valence-corrected chi connectivity index (χ2v) is 6.12. The zero-order chi connectivity index (χ0) is 17.2. The highest BCUT2D eigenvalue weighted by Gasteiger charge is 2.38. The number of rotatable bonds is 5. The van der Waals surface area contributed by atoms with E-state index in [1.54, 1.807) is 0 Å². The van der Waals surface area contributed by atoms with Gasteiger partial charge in [0.2, 0.25) is 5.88 Å². The van der Waals surface area contributed by atoms with Crippen molar-refractivity contribution < 1.29 is 27.4 Å². The van der Waals surface area contributed by atoms with Crippen molar-refractivity contribution >= 4 is 5.91 Å². The maximum absolute atomic E-state index is 12.8. The fourth-order valence-corrected chi connectivity index (χ4v) is 2.81. The molecule has 1 aliphatic carbocycles. The number of halogens is 3. The zero-order valence-electron chi connectivity index (χ0n) is 13.1. The van der Waals surface area contributed by atoms with Crippen molar-refractivity contribution in [3.63, 3.8) is 0 Å². The van der Waals surface area contributed by atoms with E-state index >= 15 is 0 Å². The average Bonchev–Trinajstić information content (AvgIpc) is 2.96. The molecule has 0 aromatic carbocycles. The monoisotopic (exact) mass is 344 g/mol. The summed E-state index contributed by atoms with van der Waals surface area (Å²) in [5, 5.41) is 0. The molecule has 132 valence electrons. The summed E-state index contributed by atoms with van der Waals surface area (Å²) >= 11 is 0. The van der Waals surface area contributed by atoms with Crippen molar-refractivity contribution in [2.24, 2.45) is 0 Å². The molecule has 0 N–H and O–H groups in total. The van der Waals surface area contributed by atoms with E-state index in [-0.39, 0.29) is 23.6 Å². The first kappa shape index (κ1) is 17.0. The Hall–Kier alpha value is -1.83. The first-order valence-corrected chi connectivity index (χ1v) is 8.00. The van der Waals surface area contributed by atoms with Gasteiger partial charge in [-0.2, -0.15) is 13.2 Å². The smallest absolute Gasteiger partial charge is 0.406 e. The fourth-order valence-electron chi connectivity index (χ4n) is 2.81. The van der Waals surface area contributed by atoms with Crippen molar-refractivity contribution in [2.75, 3.05) is 19.8 Å². The molecular formula is C16H19F3N2O3. The first-order valence-electron chi connectivity index (χ1n) is 8.00. The molecule has 2 fully saturated rings. The van der Waals surface area contributed by atoms with Crippen LogP contribution >= 0.6 is 0 Å². The van der Waals surface area contributed by atoms with E-state index in [1.165, 1.54) is 18.3 Å². The normalized spacial score (nSPS) is 21.4. The van der Waals surface area contributed by atoms with Crippen LogP contribution in [0.2, 0.25) is 0 Å². The molecule has 0 radical (unpaired) electrons. The first-order chi connectivity index (χ1) is 11.4. The van der Waals surface area contributed by atoms with Gasteiger partial charge < -0.3 is 14.4 Å². The molecule has 0 bridgehead atoms. The van der Waals surface area contributed by atoms with Gasteiger partial charge in [0.05, 0.1) is 13.2 Å². The molecule has 1 saturated carbocycles. The van der Waals surface area contributed by atoms with Crippen LogP contribution in [0.15, 0.2) is 18.3 Å². The Morgan fingerprint density at radius 3 is 2.75 bits per heavy atom. The lowest BCUT2D eigenvalue weighted by atomic mass is 9.91. The molecule has 1 aromatic heterocycles. The summed E-state index contributed by atoms with van der Waals surface area (Å²) in [5.74, 6) is -0.399. The molecule has 1 amide bonds. The summed E-state index contributed by atoms with van der Waals surface area (Å²) in [7, 11) is 0. The minimum absolute atomic E-state index is 0.138.